The van der Waals surface area contributed by atoms with Gasteiger partial charge in [0.2, 0.25) is 5.91 Å². The fourth-order valence-electron chi connectivity index (χ4n) is 3.05. The smallest absolute Gasteiger partial charge is 0.241 e. The molecule has 1 amide bonds. The molecule has 5 heteroatoms. The van der Waals surface area contributed by atoms with E-state index in [1.165, 1.54) is 4.70 Å². The van der Waals surface area contributed by atoms with Gasteiger partial charge in [0.25, 0.3) is 0 Å². The molecule has 0 saturated heterocycles. The first-order valence-corrected chi connectivity index (χ1v) is 9.76. The first-order chi connectivity index (χ1) is 13.1. The van der Waals surface area contributed by atoms with E-state index >= 15 is 0 Å². The zero-order valence-electron chi connectivity index (χ0n) is 15.3. The second-order valence-electron chi connectivity index (χ2n) is 6.72. The Hall–Kier alpha value is -2.76. The summed E-state index contributed by atoms with van der Waals surface area (Å²) in [4.78, 5) is 19.4. The molecule has 4 nitrogen and oxygen atoms in total. The lowest BCUT2D eigenvalue weighted by Crippen LogP contribution is -2.39. The van der Waals surface area contributed by atoms with E-state index in [-0.39, 0.29) is 11.9 Å². The SMILES string of the molecule is C[C@H](C(=O)Nc1ccc2ccccc2c1)N(C)Cc1nc2ccccc2s1. The number of carbonyl (C=O) groups excluding carboxylic acids is 1. The van der Waals surface area contributed by atoms with Crippen molar-refractivity contribution in [1.82, 2.24) is 9.88 Å². The third-order valence-corrected chi connectivity index (χ3v) is 5.80. The van der Waals surface area contributed by atoms with E-state index < -0.39 is 0 Å². The minimum Gasteiger partial charge on any atom is -0.325 e. The maximum absolute atomic E-state index is 12.7. The van der Waals surface area contributed by atoms with E-state index in [0.29, 0.717) is 6.54 Å². The minimum atomic E-state index is -0.261. The lowest BCUT2D eigenvalue weighted by Gasteiger charge is -2.23. The average molecular weight is 375 g/mol. The molecule has 27 heavy (non-hydrogen) atoms. The molecule has 0 aliphatic heterocycles. The van der Waals surface area contributed by atoms with E-state index in [0.717, 1.165) is 27.0 Å². The minimum absolute atomic E-state index is 0.0195. The number of carbonyl (C=O) groups is 1. The van der Waals surface area contributed by atoms with Gasteiger partial charge in [-0.15, -0.1) is 11.3 Å². The Bertz CT molecular complexity index is 1070. The quantitative estimate of drug-likeness (QED) is 0.539. The van der Waals surface area contributed by atoms with Gasteiger partial charge >= 0.3 is 0 Å². The van der Waals surface area contributed by atoms with Crippen LogP contribution in [0, 0.1) is 0 Å². The second-order valence-corrected chi connectivity index (χ2v) is 7.83. The van der Waals surface area contributed by atoms with Gasteiger partial charge in [-0.3, -0.25) is 9.69 Å². The molecule has 0 spiro atoms. The summed E-state index contributed by atoms with van der Waals surface area (Å²) in [6, 6.07) is 22.0. The van der Waals surface area contributed by atoms with Gasteiger partial charge in [-0.2, -0.15) is 0 Å². The van der Waals surface area contributed by atoms with Gasteiger partial charge < -0.3 is 5.32 Å². The fourth-order valence-corrected chi connectivity index (χ4v) is 4.08. The van der Waals surface area contributed by atoms with E-state index in [9.17, 15) is 4.79 Å². The molecule has 1 N–H and O–H groups in total. The molecule has 0 unspecified atom stereocenters. The van der Waals surface area contributed by atoms with Crippen molar-refractivity contribution < 1.29 is 4.79 Å². The van der Waals surface area contributed by atoms with Crippen LogP contribution in [0.2, 0.25) is 0 Å². The Morgan fingerprint density at radius 3 is 2.63 bits per heavy atom. The number of rotatable bonds is 5. The number of hydrogen-bond acceptors (Lipinski definition) is 4. The lowest BCUT2D eigenvalue weighted by atomic mass is 10.1. The summed E-state index contributed by atoms with van der Waals surface area (Å²) >= 11 is 1.68. The number of fused-ring (bicyclic) bond motifs is 2. The van der Waals surface area contributed by atoms with Crippen molar-refractivity contribution in [3.8, 4) is 0 Å². The molecule has 1 heterocycles. The maximum atomic E-state index is 12.7. The Labute approximate surface area is 162 Å². The maximum Gasteiger partial charge on any atom is 0.241 e. The number of likely N-dealkylation sites (N-methyl/N-ethyl adjacent to an activating group) is 1. The zero-order valence-corrected chi connectivity index (χ0v) is 16.2. The van der Waals surface area contributed by atoms with E-state index in [1.807, 2.05) is 73.5 Å². The number of thiazole rings is 1. The summed E-state index contributed by atoms with van der Waals surface area (Å²) < 4.78 is 1.18. The number of anilines is 1. The van der Waals surface area contributed by atoms with E-state index in [1.54, 1.807) is 11.3 Å². The number of nitrogens with zero attached hydrogens (tertiary/aromatic N) is 2. The van der Waals surface area contributed by atoms with Gasteiger partial charge in [-0.1, -0.05) is 42.5 Å². The molecule has 4 aromatic rings. The largest absolute Gasteiger partial charge is 0.325 e. The Morgan fingerprint density at radius 2 is 1.81 bits per heavy atom. The second kappa shape index (κ2) is 7.47. The summed E-state index contributed by atoms with van der Waals surface area (Å²) in [5, 5.41) is 6.33. The number of para-hydroxylation sites is 1. The van der Waals surface area contributed by atoms with E-state index in [2.05, 4.69) is 22.4 Å². The van der Waals surface area contributed by atoms with Crippen LogP contribution in [-0.4, -0.2) is 28.9 Å². The molecule has 0 saturated carbocycles. The number of benzene rings is 3. The first kappa shape index (κ1) is 17.6. The van der Waals surface area contributed by atoms with Crippen LogP contribution < -0.4 is 5.32 Å². The third-order valence-electron chi connectivity index (χ3n) is 4.78. The summed E-state index contributed by atoms with van der Waals surface area (Å²) in [5.41, 5.74) is 1.83. The molecule has 0 aliphatic rings. The van der Waals surface area contributed by atoms with Crippen LogP contribution in [-0.2, 0) is 11.3 Å². The van der Waals surface area contributed by atoms with E-state index in [4.69, 9.17) is 0 Å². The van der Waals surface area contributed by atoms with Crippen LogP contribution in [0.25, 0.3) is 21.0 Å². The molecule has 136 valence electrons. The van der Waals surface area contributed by atoms with Gasteiger partial charge in [0, 0.05) is 5.69 Å². The van der Waals surface area contributed by atoms with Crippen molar-refractivity contribution in [3.05, 3.63) is 71.7 Å². The van der Waals surface area contributed by atoms with Crippen LogP contribution >= 0.6 is 11.3 Å². The van der Waals surface area contributed by atoms with Gasteiger partial charge in [0.15, 0.2) is 0 Å². The summed E-state index contributed by atoms with van der Waals surface area (Å²) in [7, 11) is 1.96. The topological polar surface area (TPSA) is 45.2 Å². The summed E-state index contributed by atoms with van der Waals surface area (Å²) in [6.45, 7) is 2.56. The highest BCUT2D eigenvalue weighted by Crippen LogP contribution is 2.23. The van der Waals surface area contributed by atoms with Crippen LogP contribution in [0.5, 0.6) is 0 Å². The first-order valence-electron chi connectivity index (χ1n) is 8.94. The molecule has 0 radical (unpaired) electrons. The van der Waals surface area contributed by atoms with Crippen molar-refractivity contribution in [2.75, 3.05) is 12.4 Å². The standard InChI is InChI=1S/C22H21N3OS/c1-15(25(2)14-21-24-19-9-5-6-10-20(19)27-21)22(26)23-18-12-11-16-7-3-4-8-17(16)13-18/h3-13,15H,14H2,1-2H3,(H,23,26)/t15-/m1/s1. The Balaban J connectivity index is 1.43. The summed E-state index contributed by atoms with van der Waals surface area (Å²) in [5.74, 6) is -0.0195. The molecule has 3 aromatic carbocycles. The van der Waals surface area contributed by atoms with Gasteiger partial charge in [-0.25, -0.2) is 4.98 Å². The molecular formula is C22H21N3OS. The van der Waals surface area contributed by atoms with Gasteiger partial charge in [0.1, 0.15) is 5.01 Å². The molecule has 1 atom stereocenters. The number of amides is 1. The monoisotopic (exact) mass is 375 g/mol. The highest BCUT2D eigenvalue weighted by Gasteiger charge is 2.19. The van der Waals surface area contributed by atoms with Crippen LogP contribution in [0.3, 0.4) is 0 Å². The van der Waals surface area contributed by atoms with Crippen LogP contribution in [0.1, 0.15) is 11.9 Å². The highest BCUT2D eigenvalue weighted by molar-refractivity contribution is 7.18. The lowest BCUT2D eigenvalue weighted by molar-refractivity contribution is -0.120. The predicted molar refractivity (Wildman–Crippen MR) is 113 cm³/mol. The van der Waals surface area contributed by atoms with Crippen LogP contribution in [0.15, 0.2) is 66.7 Å². The van der Waals surface area contributed by atoms with Crippen molar-refractivity contribution in [2.24, 2.45) is 0 Å². The molecular weight excluding hydrogens is 354 g/mol. The van der Waals surface area contributed by atoms with Crippen molar-refractivity contribution >= 4 is 43.9 Å². The summed E-state index contributed by atoms with van der Waals surface area (Å²) in [6.07, 6.45) is 0. The van der Waals surface area contributed by atoms with Gasteiger partial charge in [-0.05, 0) is 49.0 Å². The molecule has 0 fully saturated rings. The molecule has 4 rings (SSSR count). The predicted octanol–water partition coefficient (Wildman–Crippen LogP) is 4.91. The number of hydrogen-bond donors (Lipinski definition) is 1. The van der Waals surface area contributed by atoms with Crippen molar-refractivity contribution in [1.29, 1.82) is 0 Å². The zero-order chi connectivity index (χ0) is 18.8. The highest BCUT2D eigenvalue weighted by atomic mass is 32.1. The number of aromatic nitrogens is 1. The fraction of sp³-hybridized carbons (Fsp3) is 0.182. The molecule has 0 bridgehead atoms. The normalized spacial score (nSPS) is 12.6. The Kier molecular flexibility index (Phi) is 4.88. The van der Waals surface area contributed by atoms with Gasteiger partial charge in [0.05, 0.1) is 22.8 Å². The molecule has 0 aliphatic carbocycles. The van der Waals surface area contributed by atoms with Crippen LogP contribution in [0.4, 0.5) is 5.69 Å². The van der Waals surface area contributed by atoms with Crippen molar-refractivity contribution in [3.63, 3.8) is 0 Å². The number of nitrogens with one attached hydrogen (secondary N) is 1. The average Bonchev–Trinajstić information content (AvgIpc) is 3.09. The Morgan fingerprint density at radius 1 is 1.07 bits per heavy atom. The van der Waals surface area contributed by atoms with Crippen molar-refractivity contribution in [2.45, 2.75) is 19.5 Å². The molecule has 1 aromatic heterocycles. The third kappa shape index (κ3) is 3.84.